The number of thiophene rings is 1. The second kappa shape index (κ2) is 5.65. The van der Waals surface area contributed by atoms with Gasteiger partial charge in [-0.3, -0.25) is 0 Å². The molecule has 0 amide bonds. The van der Waals surface area contributed by atoms with E-state index in [-0.39, 0.29) is 11.9 Å². The number of nitriles is 1. The summed E-state index contributed by atoms with van der Waals surface area (Å²) in [6, 6.07) is 8.49. The molecule has 0 spiro atoms. The van der Waals surface area contributed by atoms with Crippen molar-refractivity contribution in [1.82, 2.24) is 0 Å². The van der Waals surface area contributed by atoms with Gasteiger partial charge in [-0.05, 0) is 53.9 Å². The third-order valence-electron chi connectivity index (χ3n) is 2.63. The molecule has 0 radical (unpaired) electrons. The van der Waals surface area contributed by atoms with Crippen LogP contribution in [-0.2, 0) is 6.42 Å². The summed E-state index contributed by atoms with van der Waals surface area (Å²) in [6.45, 7) is 2.04. The van der Waals surface area contributed by atoms with Crippen LogP contribution in [0.1, 0.15) is 18.1 Å². The van der Waals surface area contributed by atoms with Crippen molar-refractivity contribution in [2.75, 3.05) is 5.32 Å². The Labute approximate surface area is 110 Å². The zero-order valence-electron chi connectivity index (χ0n) is 9.98. The van der Waals surface area contributed by atoms with Crippen LogP contribution in [-0.4, -0.2) is 6.04 Å². The maximum Gasteiger partial charge on any atom is 0.124 e. The molecule has 1 aromatic heterocycles. The topological polar surface area (TPSA) is 35.8 Å². The quantitative estimate of drug-likeness (QED) is 0.907. The molecule has 0 saturated heterocycles. The van der Waals surface area contributed by atoms with Crippen molar-refractivity contribution in [1.29, 1.82) is 5.26 Å². The van der Waals surface area contributed by atoms with Crippen molar-refractivity contribution >= 4 is 17.0 Å². The molecule has 18 heavy (non-hydrogen) atoms. The number of rotatable bonds is 4. The maximum atomic E-state index is 13.0. The highest BCUT2D eigenvalue weighted by atomic mass is 32.1. The summed E-state index contributed by atoms with van der Waals surface area (Å²) in [6.07, 6.45) is 0.881. The minimum atomic E-state index is -0.386. The Morgan fingerprint density at radius 3 is 2.94 bits per heavy atom. The van der Waals surface area contributed by atoms with Gasteiger partial charge in [0.05, 0.1) is 11.3 Å². The van der Waals surface area contributed by atoms with Crippen LogP contribution in [0.3, 0.4) is 0 Å². The van der Waals surface area contributed by atoms with E-state index < -0.39 is 0 Å². The summed E-state index contributed by atoms with van der Waals surface area (Å²) in [5.74, 6) is -0.386. The van der Waals surface area contributed by atoms with E-state index in [4.69, 9.17) is 5.26 Å². The van der Waals surface area contributed by atoms with Crippen molar-refractivity contribution in [2.45, 2.75) is 19.4 Å². The van der Waals surface area contributed by atoms with E-state index in [0.29, 0.717) is 11.3 Å². The van der Waals surface area contributed by atoms with Gasteiger partial charge in [0, 0.05) is 6.04 Å². The lowest BCUT2D eigenvalue weighted by Crippen LogP contribution is -2.18. The van der Waals surface area contributed by atoms with E-state index in [9.17, 15) is 4.39 Å². The lowest BCUT2D eigenvalue weighted by atomic mass is 10.1. The molecule has 1 N–H and O–H groups in total. The summed E-state index contributed by atoms with van der Waals surface area (Å²) >= 11 is 1.67. The van der Waals surface area contributed by atoms with Crippen LogP contribution in [0.4, 0.5) is 10.1 Å². The number of hydrogen-bond acceptors (Lipinski definition) is 3. The van der Waals surface area contributed by atoms with Crippen LogP contribution in [0.15, 0.2) is 35.0 Å². The van der Waals surface area contributed by atoms with Gasteiger partial charge >= 0.3 is 0 Å². The van der Waals surface area contributed by atoms with Gasteiger partial charge in [0.25, 0.3) is 0 Å². The van der Waals surface area contributed by atoms with Crippen LogP contribution in [0.2, 0.25) is 0 Å². The third kappa shape index (κ3) is 3.08. The maximum absolute atomic E-state index is 13.0. The summed E-state index contributed by atoms with van der Waals surface area (Å²) < 4.78 is 13.0. The van der Waals surface area contributed by atoms with Crippen molar-refractivity contribution in [3.05, 3.63) is 52.0 Å². The van der Waals surface area contributed by atoms with E-state index in [1.807, 2.05) is 18.4 Å². The highest BCUT2D eigenvalue weighted by Crippen LogP contribution is 2.18. The molecule has 2 aromatic rings. The smallest absolute Gasteiger partial charge is 0.124 e. The Balaban J connectivity index is 2.07. The molecule has 1 atom stereocenters. The van der Waals surface area contributed by atoms with Gasteiger partial charge in [-0.2, -0.15) is 16.6 Å². The number of hydrogen-bond donors (Lipinski definition) is 1. The van der Waals surface area contributed by atoms with Crippen molar-refractivity contribution < 1.29 is 4.39 Å². The first kappa shape index (κ1) is 12.6. The Bertz CT molecular complexity index is 558. The zero-order chi connectivity index (χ0) is 13.0. The molecular formula is C14H13FN2S. The van der Waals surface area contributed by atoms with Crippen molar-refractivity contribution in [2.24, 2.45) is 0 Å². The SMILES string of the molecule is CC(Cc1ccsc1)Nc1ccc(F)cc1C#N. The normalized spacial score (nSPS) is 11.8. The Morgan fingerprint density at radius 1 is 1.44 bits per heavy atom. The van der Waals surface area contributed by atoms with Gasteiger partial charge in [0.2, 0.25) is 0 Å². The fraction of sp³-hybridized carbons (Fsp3) is 0.214. The molecule has 1 aromatic carbocycles. The van der Waals surface area contributed by atoms with Crippen LogP contribution in [0, 0.1) is 17.1 Å². The molecule has 0 aliphatic rings. The fourth-order valence-electron chi connectivity index (χ4n) is 1.81. The van der Waals surface area contributed by atoms with Crippen LogP contribution in [0.25, 0.3) is 0 Å². The van der Waals surface area contributed by atoms with E-state index >= 15 is 0 Å². The van der Waals surface area contributed by atoms with Crippen LogP contribution in [0.5, 0.6) is 0 Å². The zero-order valence-corrected chi connectivity index (χ0v) is 10.8. The van der Waals surface area contributed by atoms with Gasteiger partial charge in [-0.25, -0.2) is 4.39 Å². The lowest BCUT2D eigenvalue weighted by Gasteiger charge is -2.15. The predicted molar refractivity (Wildman–Crippen MR) is 72.2 cm³/mol. The molecule has 0 saturated carbocycles. The monoisotopic (exact) mass is 260 g/mol. The molecule has 0 bridgehead atoms. The Hall–Kier alpha value is -1.86. The summed E-state index contributed by atoms with van der Waals surface area (Å²) in [4.78, 5) is 0. The van der Waals surface area contributed by atoms with Crippen molar-refractivity contribution in [3.63, 3.8) is 0 Å². The number of anilines is 1. The molecule has 0 fully saturated rings. The van der Waals surface area contributed by atoms with Crippen LogP contribution < -0.4 is 5.32 Å². The van der Waals surface area contributed by atoms with Gasteiger partial charge < -0.3 is 5.32 Å². The highest BCUT2D eigenvalue weighted by molar-refractivity contribution is 7.07. The molecule has 4 heteroatoms. The van der Waals surface area contributed by atoms with Crippen molar-refractivity contribution in [3.8, 4) is 6.07 Å². The number of halogens is 1. The van der Waals surface area contributed by atoms with Crippen LogP contribution >= 0.6 is 11.3 Å². The fourth-order valence-corrected chi connectivity index (χ4v) is 2.50. The molecule has 0 aliphatic heterocycles. The minimum Gasteiger partial charge on any atom is -0.381 e. The summed E-state index contributed by atoms with van der Waals surface area (Å²) in [5, 5.41) is 16.3. The Kier molecular flexibility index (Phi) is 3.96. The third-order valence-corrected chi connectivity index (χ3v) is 3.36. The molecule has 2 nitrogen and oxygen atoms in total. The van der Waals surface area contributed by atoms with E-state index in [2.05, 4.69) is 16.8 Å². The minimum absolute atomic E-state index is 0.192. The standard InChI is InChI=1S/C14H13FN2S/c1-10(6-11-4-5-18-9-11)17-14-3-2-13(15)7-12(14)8-16/h2-5,7,9-10,17H,6H2,1H3. The van der Waals surface area contributed by atoms with E-state index in [1.165, 1.54) is 17.7 Å². The first-order chi connectivity index (χ1) is 8.69. The average molecular weight is 260 g/mol. The average Bonchev–Trinajstić information content (AvgIpc) is 2.84. The van der Waals surface area contributed by atoms with E-state index in [0.717, 1.165) is 6.42 Å². The number of benzene rings is 1. The predicted octanol–water partition coefficient (Wildman–Crippen LogP) is 3.80. The molecule has 1 heterocycles. The van der Waals surface area contributed by atoms with Gasteiger partial charge in [0.1, 0.15) is 11.9 Å². The number of nitrogens with zero attached hydrogens (tertiary/aromatic N) is 1. The molecular weight excluding hydrogens is 247 g/mol. The first-order valence-corrected chi connectivity index (χ1v) is 6.60. The first-order valence-electron chi connectivity index (χ1n) is 5.66. The largest absolute Gasteiger partial charge is 0.381 e. The van der Waals surface area contributed by atoms with Gasteiger partial charge in [-0.1, -0.05) is 0 Å². The van der Waals surface area contributed by atoms with E-state index in [1.54, 1.807) is 17.4 Å². The van der Waals surface area contributed by atoms with Gasteiger partial charge in [0.15, 0.2) is 0 Å². The second-order valence-corrected chi connectivity index (χ2v) is 4.96. The lowest BCUT2D eigenvalue weighted by molar-refractivity contribution is 0.627. The summed E-state index contributed by atoms with van der Waals surface area (Å²) in [5.41, 5.74) is 2.29. The molecule has 2 rings (SSSR count). The molecule has 1 unspecified atom stereocenters. The molecule has 0 aliphatic carbocycles. The highest BCUT2D eigenvalue weighted by Gasteiger charge is 2.08. The molecule has 92 valence electrons. The number of nitrogens with one attached hydrogen (secondary N) is 1. The van der Waals surface area contributed by atoms with Gasteiger partial charge in [-0.15, -0.1) is 0 Å². The second-order valence-electron chi connectivity index (χ2n) is 4.18. The Morgan fingerprint density at radius 2 is 2.28 bits per heavy atom. The summed E-state index contributed by atoms with van der Waals surface area (Å²) in [7, 11) is 0.